The van der Waals surface area contributed by atoms with Crippen molar-refractivity contribution in [1.29, 1.82) is 0 Å². The fourth-order valence-corrected chi connectivity index (χ4v) is 4.00. The van der Waals surface area contributed by atoms with E-state index in [1.54, 1.807) is 0 Å². The summed E-state index contributed by atoms with van der Waals surface area (Å²) in [7, 11) is 1.81. The molecule has 3 heterocycles. The van der Waals surface area contributed by atoms with Crippen LogP contribution in [0.1, 0.15) is 23.1 Å². The molecular formula is C23H32IN5O2. The van der Waals surface area contributed by atoms with Gasteiger partial charge in [0.05, 0.1) is 19.3 Å². The zero-order valence-corrected chi connectivity index (χ0v) is 20.5. The van der Waals surface area contributed by atoms with E-state index in [-0.39, 0.29) is 30.0 Å². The van der Waals surface area contributed by atoms with E-state index in [1.165, 1.54) is 16.5 Å². The summed E-state index contributed by atoms with van der Waals surface area (Å²) < 4.78 is 11.5. The van der Waals surface area contributed by atoms with Crippen molar-refractivity contribution >= 4 is 40.8 Å². The molecule has 4 rings (SSSR count). The van der Waals surface area contributed by atoms with Gasteiger partial charge >= 0.3 is 0 Å². The van der Waals surface area contributed by atoms with Crippen LogP contribution in [0.5, 0.6) is 0 Å². The molecule has 7 nitrogen and oxygen atoms in total. The molecule has 1 atom stereocenters. The number of halogens is 1. The molecule has 0 radical (unpaired) electrons. The lowest BCUT2D eigenvalue weighted by Gasteiger charge is -2.33. The Morgan fingerprint density at radius 3 is 2.71 bits per heavy atom. The van der Waals surface area contributed by atoms with Gasteiger partial charge in [0.25, 0.3) is 0 Å². The van der Waals surface area contributed by atoms with E-state index < -0.39 is 0 Å². The predicted octanol–water partition coefficient (Wildman–Crippen LogP) is 3.47. The van der Waals surface area contributed by atoms with Crippen molar-refractivity contribution in [2.24, 2.45) is 4.99 Å². The van der Waals surface area contributed by atoms with Gasteiger partial charge in [-0.3, -0.25) is 9.89 Å². The number of aryl methyl sites for hydroxylation is 1. The quantitative estimate of drug-likeness (QED) is 0.245. The smallest absolute Gasteiger partial charge is 0.191 e. The molecule has 0 spiro atoms. The minimum absolute atomic E-state index is 0. The fraction of sp³-hybridized carbons (Fsp3) is 0.435. The number of nitrogens with one attached hydrogen (secondary N) is 3. The third-order valence-corrected chi connectivity index (χ3v) is 5.62. The van der Waals surface area contributed by atoms with Gasteiger partial charge in [-0.1, -0.05) is 18.2 Å². The van der Waals surface area contributed by atoms with Crippen molar-refractivity contribution < 1.29 is 9.15 Å². The minimum Gasteiger partial charge on any atom is -0.465 e. The Kier molecular flexibility index (Phi) is 8.79. The van der Waals surface area contributed by atoms with Crippen molar-refractivity contribution in [1.82, 2.24) is 20.5 Å². The highest BCUT2D eigenvalue weighted by atomic mass is 127. The highest BCUT2D eigenvalue weighted by Gasteiger charge is 2.25. The van der Waals surface area contributed by atoms with Crippen LogP contribution in [0.2, 0.25) is 0 Å². The first-order valence-electron chi connectivity index (χ1n) is 10.6. The number of aromatic amines is 1. The van der Waals surface area contributed by atoms with Crippen molar-refractivity contribution in [3.05, 3.63) is 59.7 Å². The van der Waals surface area contributed by atoms with E-state index in [2.05, 4.69) is 62.0 Å². The molecule has 0 saturated carbocycles. The molecule has 3 N–H and O–H groups in total. The number of benzene rings is 1. The molecule has 1 aliphatic heterocycles. The molecule has 2 aromatic heterocycles. The Balaban J connectivity index is 0.00000272. The molecule has 168 valence electrons. The summed E-state index contributed by atoms with van der Waals surface area (Å²) in [5, 5.41) is 8.20. The number of aliphatic imine (C=N–C) groups is 1. The summed E-state index contributed by atoms with van der Waals surface area (Å²) in [6.45, 7) is 6.83. The van der Waals surface area contributed by atoms with Crippen LogP contribution in [-0.4, -0.2) is 62.3 Å². The van der Waals surface area contributed by atoms with E-state index in [0.717, 1.165) is 63.3 Å². The second-order valence-corrected chi connectivity index (χ2v) is 7.60. The van der Waals surface area contributed by atoms with Crippen LogP contribution in [0.15, 0.2) is 52.0 Å². The molecule has 1 aliphatic rings. The van der Waals surface area contributed by atoms with Crippen LogP contribution < -0.4 is 10.6 Å². The lowest BCUT2D eigenvalue weighted by atomic mass is 10.1. The lowest BCUT2D eigenvalue weighted by molar-refractivity contribution is 0.0124. The molecule has 1 fully saturated rings. The number of hydrogen-bond donors (Lipinski definition) is 3. The number of para-hydroxylation sites is 1. The summed E-state index contributed by atoms with van der Waals surface area (Å²) in [6.07, 6.45) is 3.02. The van der Waals surface area contributed by atoms with Crippen molar-refractivity contribution in [3.8, 4) is 0 Å². The molecule has 3 aromatic rings. The first-order chi connectivity index (χ1) is 14.7. The maximum Gasteiger partial charge on any atom is 0.191 e. The first-order valence-corrected chi connectivity index (χ1v) is 10.6. The third kappa shape index (κ3) is 6.02. The van der Waals surface area contributed by atoms with Crippen LogP contribution in [0.3, 0.4) is 0 Å². The second-order valence-electron chi connectivity index (χ2n) is 7.60. The number of rotatable bonds is 7. The number of guanidine groups is 1. The summed E-state index contributed by atoms with van der Waals surface area (Å²) >= 11 is 0. The summed E-state index contributed by atoms with van der Waals surface area (Å²) in [5.41, 5.74) is 2.49. The van der Waals surface area contributed by atoms with E-state index in [1.807, 2.05) is 20.0 Å². The average molecular weight is 537 g/mol. The SMILES string of the molecule is CN=C(NCCc1c[nH]c2ccccc12)NCC(c1ccc(C)o1)N1CCOCC1.I. The molecule has 1 aromatic carbocycles. The Morgan fingerprint density at radius 2 is 1.97 bits per heavy atom. The van der Waals surface area contributed by atoms with E-state index in [0.29, 0.717) is 0 Å². The zero-order valence-electron chi connectivity index (χ0n) is 18.2. The van der Waals surface area contributed by atoms with E-state index >= 15 is 0 Å². The standard InChI is InChI=1S/C23H31N5O2.HI/c1-17-7-8-22(30-17)21(28-11-13-29-14-12-28)16-27-23(24-2)25-10-9-18-15-26-20-6-4-3-5-19(18)20;/h3-8,15,21,26H,9-14,16H2,1-2H3,(H2,24,25,27);1H. The number of furan rings is 1. The van der Waals surface area contributed by atoms with Gasteiger partial charge in [0.15, 0.2) is 5.96 Å². The first kappa shape index (κ1) is 23.6. The highest BCUT2D eigenvalue weighted by molar-refractivity contribution is 14.0. The van der Waals surface area contributed by atoms with Crippen LogP contribution in [0, 0.1) is 6.92 Å². The van der Waals surface area contributed by atoms with Crippen molar-refractivity contribution in [2.75, 3.05) is 46.4 Å². The topological polar surface area (TPSA) is 77.8 Å². The van der Waals surface area contributed by atoms with Gasteiger partial charge < -0.3 is 24.8 Å². The fourth-order valence-electron chi connectivity index (χ4n) is 4.00. The Morgan fingerprint density at radius 1 is 1.16 bits per heavy atom. The zero-order chi connectivity index (χ0) is 20.8. The van der Waals surface area contributed by atoms with E-state index in [4.69, 9.17) is 9.15 Å². The maximum atomic E-state index is 5.95. The number of fused-ring (bicyclic) bond motifs is 1. The van der Waals surface area contributed by atoms with E-state index in [9.17, 15) is 0 Å². The van der Waals surface area contributed by atoms with Gasteiger partial charge in [0.2, 0.25) is 0 Å². The van der Waals surface area contributed by atoms with Crippen LogP contribution in [-0.2, 0) is 11.2 Å². The van der Waals surface area contributed by atoms with Crippen molar-refractivity contribution in [3.63, 3.8) is 0 Å². The third-order valence-electron chi connectivity index (χ3n) is 5.62. The summed E-state index contributed by atoms with van der Waals surface area (Å²) in [6, 6.07) is 12.6. The van der Waals surface area contributed by atoms with Gasteiger partial charge in [-0.05, 0) is 37.1 Å². The molecule has 0 bridgehead atoms. The minimum atomic E-state index is 0. The predicted molar refractivity (Wildman–Crippen MR) is 135 cm³/mol. The molecule has 1 saturated heterocycles. The lowest BCUT2D eigenvalue weighted by Crippen LogP contribution is -2.46. The Hall–Kier alpha value is -2.04. The number of morpholine rings is 1. The Bertz CT molecular complexity index is 977. The number of ether oxygens (including phenoxy) is 1. The van der Waals surface area contributed by atoms with Gasteiger partial charge in [-0.2, -0.15) is 0 Å². The summed E-state index contributed by atoms with van der Waals surface area (Å²) in [4.78, 5) is 10.1. The number of hydrogen-bond acceptors (Lipinski definition) is 4. The Labute approximate surface area is 200 Å². The largest absolute Gasteiger partial charge is 0.465 e. The monoisotopic (exact) mass is 537 g/mol. The number of nitrogens with zero attached hydrogens (tertiary/aromatic N) is 2. The average Bonchev–Trinajstić information content (AvgIpc) is 3.40. The maximum absolute atomic E-state index is 5.95. The van der Waals surface area contributed by atoms with Crippen LogP contribution in [0.4, 0.5) is 0 Å². The van der Waals surface area contributed by atoms with Crippen molar-refractivity contribution in [2.45, 2.75) is 19.4 Å². The van der Waals surface area contributed by atoms with Crippen LogP contribution in [0.25, 0.3) is 10.9 Å². The van der Waals surface area contributed by atoms with Gasteiger partial charge in [0, 0.05) is 50.3 Å². The van der Waals surface area contributed by atoms with Gasteiger partial charge in [0.1, 0.15) is 11.5 Å². The molecule has 31 heavy (non-hydrogen) atoms. The van der Waals surface area contributed by atoms with Crippen LogP contribution >= 0.6 is 24.0 Å². The highest BCUT2D eigenvalue weighted by Crippen LogP contribution is 2.23. The van der Waals surface area contributed by atoms with Gasteiger partial charge in [-0.15, -0.1) is 24.0 Å². The molecule has 0 aliphatic carbocycles. The molecule has 0 amide bonds. The summed E-state index contributed by atoms with van der Waals surface area (Å²) in [5.74, 6) is 2.72. The second kappa shape index (κ2) is 11.5. The molecular weight excluding hydrogens is 505 g/mol. The number of H-pyrrole nitrogens is 1. The number of aromatic nitrogens is 1. The normalized spacial score (nSPS) is 16.1. The molecule has 1 unspecified atom stereocenters. The van der Waals surface area contributed by atoms with Gasteiger partial charge in [-0.25, -0.2) is 0 Å². The molecule has 8 heteroatoms.